The van der Waals surface area contributed by atoms with Gasteiger partial charge in [-0.05, 0) is 186 Å². The number of phenolic OH excluding ortho intramolecular Hbond substituents is 4. The summed E-state index contributed by atoms with van der Waals surface area (Å²) in [5.41, 5.74) is 2.12. The largest absolute Gasteiger partial charge is 0.872 e. The van der Waals surface area contributed by atoms with E-state index in [4.69, 9.17) is 8.37 Å². The summed E-state index contributed by atoms with van der Waals surface area (Å²) in [6.07, 6.45) is -0.105. The molecule has 117 heavy (non-hydrogen) atoms. The van der Waals surface area contributed by atoms with E-state index in [1.165, 1.54) is 72.8 Å². The highest BCUT2D eigenvalue weighted by Crippen LogP contribution is 2.45. The Morgan fingerprint density at radius 3 is 0.786 bits per heavy atom. The summed E-state index contributed by atoms with van der Waals surface area (Å²) in [7, 11) is -30.2. The number of carbonyl (C=O) groups is 2. The van der Waals surface area contributed by atoms with Gasteiger partial charge in [0.15, 0.2) is 0 Å². The molecule has 0 atom stereocenters. The van der Waals surface area contributed by atoms with Gasteiger partial charge in [0.2, 0.25) is 0 Å². The zero-order valence-corrected chi connectivity index (χ0v) is 68.5. The Hall–Kier alpha value is -11.0. The molecule has 6 N–H and O–H groups in total. The van der Waals surface area contributed by atoms with Crippen LogP contribution < -0.4 is 28.0 Å². The summed E-state index contributed by atoms with van der Waals surface area (Å²) >= 11 is 2.08. The van der Waals surface area contributed by atoms with Gasteiger partial charge in [0.25, 0.3) is 11.8 Å². The molecule has 0 aliphatic heterocycles. The van der Waals surface area contributed by atoms with Crippen LogP contribution in [0.1, 0.15) is 126 Å². The predicted octanol–water partition coefficient (Wildman–Crippen LogP) is 9.46. The maximum absolute atomic E-state index is 14.2. The van der Waals surface area contributed by atoms with Gasteiger partial charge in [0.1, 0.15) is 84.8 Å². The molecule has 28 nitrogen and oxygen atoms in total. The zero-order valence-electron chi connectivity index (χ0n) is 61.9. The molecule has 2 amide bonds. The molecule has 11 aromatic rings. The molecule has 2 aliphatic carbocycles. The molecule has 0 fully saturated rings. The lowest BCUT2D eigenvalue weighted by molar-refractivity contribution is -0.271. The van der Waals surface area contributed by atoms with Crippen LogP contribution in [0, 0.1) is 20.8 Å². The van der Waals surface area contributed by atoms with Gasteiger partial charge in [-0.15, -0.1) is 11.5 Å². The Kier molecular flexibility index (Phi) is 24.2. The van der Waals surface area contributed by atoms with Crippen LogP contribution in [0.5, 0.6) is 46.0 Å². The van der Waals surface area contributed by atoms with Crippen LogP contribution in [-0.2, 0) is 112 Å². The molecule has 0 saturated carbocycles. The number of nitrogens with one attached hydrogen (secondary N) is 2. The number of aromatic hydroxyl groups is 4. The number of hydrogen-bond donors (Lipinski definition) is 6. The van der Waals surface area contributed by atoms with Crippen LogP contribution in [-0.4, -0.2) is 113 Å². The number of amides is 2. The molecule has 16 bridgehead atoms. The first-order valence-electron chi connectivity index (χ1n) is 34.8. The lowest BCUT2D eigenvalue weighted by atomic mass is 9.89. The molecule has 0 unspecified atom stereocenters. The third-order valence-corrected chi connectivity index (χ3v) is 25.8. The number of hydrogen-bond acceptors (Lipinski definition) is 28. The van der Waals surface area contributed by atoms with Crippen molar-refractivity contribution < 1.29 is 117 Å². The summed E-state index contributed by atoms with van der Waals surface area (Å²) in [4.78, 5) is 21.0. The van der Waals surface area contributed by atoms with Crippen molar-refractivity contribution in [3.63, 3.8) is 0 Å². The fourth-order valence-electron chi connectivity index (χ4n) is 14.0. The first-order chi connectivity index (χ1) is 54.8. The number of fused-ring (bicyclic) bond motifs is 16. The van der Waals surface area contributed by atoms with E-state index in [0.717, 1.165) is 96.7 Å². The summed E-state index contributed by atoms with van der Waals surface area (Å²) in [6.45, 7) is 4.93. The number of benzene rings is 11. The number of rotatable bonds is 15. The fourth-order valence-corrected chi connectivity index (χ4v) is 18.9. The minimum atomic E-state index is -5.18. The molecule has 0 spiro atoms. The topological polar surface area (TPSA) is 501 Å². The van der Waals surface area contributed by atoms with Crippen LogP contribution in [0.3, 0.4) is 0 Å². The molecule has 0 saturated heterocycles. The van der Waals surface area contributed by atoms with E-state index in [9.17, 15) is 109 Å². The van der Waals surface area contributed by atoms with E-state index in [0.29, 0.717) is 27.8 Å². The van der Waals surface area contributed by atoms with Crippen molar-refractivity contribution in [2.75, 3.05) is 12.5 Å². The molecule has 610 valence electrons. The Morgan fingerprint density at radius 1 is 0.316 bits per heavy atom. The average Bonchev–Trinajstić information content (AvgIpc) is 0.766. The second kappa shape index (κ2) is 33.2. The van der Waals surface area contributed by atoms with Crippen molar-refractivity contribution in [3.05, 3.63) is 293 Å². The van der Waals surface area contributed by atoms with Crippen molar-refractivity contribution in [2.45, 2.75) is 102 Å². The van der Waals surface area contributed by atoms with Crippen LogP contribution in [0.4, 0.5) is 0 Å². The molecule has 36 heteroatoms. The zero-order chi connectivity index (χ0) is 84.9. The Morgan fingerprint density at radius 2 is 0.547 bits per heavy atom. The Bertz CT molecular complexity index is 6370. The number of carbonyl (C=O) groups excluding carboxylic acids is 2. The Balaban J connectivity index is 0.000000216. The molecule has 0 heterocycles. The van der Waals surface area contributed by atoms with Gasteiger partial charge < -0.3 is 57.2 Å². The predicted molar refractivity (Wildman–Crippen MR) is 422 cm³/mol. The first kappa shape index (κ1) is 85.4. The molecule has 11 aromatic carbocycles. The van der Waals surface area contributed by atoms with Crippen molar-refractivity contribution in [2.24, 2.45) is 0 Å². The Labute approximate surface area is 682 Å². The second-order valence-corrected chi connectivity index (χ2v) is 37.5. The maximum atomic E-state index is 14.2. The minimum Gasteiger partial charge on any atom is -0.872 e. The lowest BCUT2D eigenvalue weighted by Gasteiger charge is -2.24. The highest BCUT2D eigenvalue weighted by molar-refractivity contribution is 7.97. The van der Waals surface area contributed by atoms with E-state index in [1.54, 1.807) is 63.6 Å². The van der Waals surface area contributed by atoms with E-state index in [1.807, 2.05) is 0 Å². The molecule has 2 aliphatic rings. The molecule has 0 radical (unpaired) electrons. The fraction of sp³-hybridized carbons (Fsp3) is 0.160. The van der Waals surface area contributed by atoms with Crippen LogP contribution in [0.15, 0.2) is 205 Å². The van der Waals surface area contributed by atoms with E-state index < -0.39 is 157 Å². The standard InChI is InChI=1S/C43H37NO13S4.C38H35NO13S4/c1-24-12-28-16-30-20-37(59(49,50)51)22-32(40(30)46)18-34-14-27(25-6-4-3-5-7-25)15-35(42(34)57-61(55,56)36-10-8-26(9-11-36)43(48)44-58-2)19-33-23-38(60(52,53)54)21-31(41(33)47)17-29(13-24)39(28)45;1-20-8-23-12-25-16-32(54(44,45)46)18-27(35(25)41)14-29-10-21(2)11-30(37(29)52-56(50,51)31-6-4-22(5-7-31)38(43)39-53-3)15-28-19-33(55(47,48)49)17-26(36(28)42)13-24(9-20)34(23)40/h3-15,20-23,45-47H,16-19H2,1-2H3,(H,44,48)(H,49,50,51)(H,52,53,54);4-11,16-19,40-42H,12-15H2,1-3H3,(H,39,43)(H,44,45,46)(H,47,48,49)/p-6. The molecular weight excluding hydrogens is 1670 g/mol. The van der Waals surface area contributed by atoms with E-state index in [2.05, 4.69) is 9.44 Å². The normalized spacial score (nSPS) is 13.1. The summed E-state index contributed by atoms with van der Waals surface area (Å²) in [5, 5.41) is 74.6. The second-order valence-electron chi connectivity index (χ2n) is 27.7. The van der Waals surface area contributed by atoms with Gasteiger partial charge in [-0.3, -0.25) is 19.0 Å². The summed E-state index contributed by atoms with van der Waals surface area (Å²) < 4.78 is 223. The molecule has 13 rings (SSSR count). The van der Waals surface area contributed by atoms with Crippen molar-refractivity contribution in [3.8, 4) is 57.1 Å². The average molecular weight is 1740 g/mol. The van der Waals surface area contributed by atoms with Gasteiger partial charge in [0.05, 0.1) is 19.6 Å². The monoisotopic (exact) mass is 1740 g/mol. The van der Waals surface area contributed by atoms with Crippen molar-refractivity contribution >= 4 is 96.4 Å². The van der Waals surface area contributed by atoms with Gasteiger partial charge >= 0.3 is 20.2 Å². The summed E-state index contributed by atoms with van der Waals surface area (Å²) in [5.74, 6) is -4.83. The quantitative estimate of drug-likeness (QED) is 0.0316. The third kappa shape index (κ3) is 19.2. The maximum Gasteiger partial charge on any atom is 0.339 e. The smallest absolute Gasteiger partial charge is 0.339 e. The van der Waals surface area contributed by atoms with Gasteiger partial charge in [-0.25, -0.2) is 33.7 Å². The number of aryl methyl sites for hydroxylation is 3. The highest BCUT2D eigenvalue weighted by Gasteiger charge is 2.31. The van der Waals surface area contributed by atoms with Crippen LogP contribution in [0.25, 0.3) is 11.1 Å². The lowest BCUT2D eigenvalue weighted by Crippen LogP contribution is -2.16. The van der Waals surface area contributed by atoms with Gasteiger partial charge in [-0.1, -0.05) is 130 Å². The minimum absolute atomic E-state index is 0.0133. The molecular formula is C81H66N2O26S8-6. The van der Waals surface area contributed by atoms with Crippen LogP contribution >= 0.6 is 23.9 Å². The van der Waals surface area contributed by atoms with Crippen LogP contribution in [0.2, 0.25) is 0 Å². The van der Waals surface area contributed by atoms with Crippen molar-refractivity contribution in [1.29, 1.82) is 0 Å². The van der Waals surface area contributed by atoms with Gasteiger partial charge in [-0.2, -0.15) is 16.8 Å². The SMILES string of the molecule is CSNC(=O)c1ccc(S(=O)(=O)Oc2c3cc(-c4ccccc4)cc2Cc2cc(S(=O)(=O)[O-])cc(c2O)Cc2cc(C)cc(c2[O-])Cc2cc(S(=O)(=O)[O-])cc(c2O)C3)cc1.CSNC(=O)c1ccc(S(=O)(=O)Oc2c3cc(C)cc2Cc2cc(S(=O)(=O)[O-])cc(c2O)Cc2cc(C)cc(c2[O-])Cc2cc(S(=O)(=O)[O-])cc(c2O)C3)cc1. The third-order valence-electron chi connectivity index (χ3n) is 19.3. The van der Waals surface area contributed by atoms with Gasteiger partial charge in [0, 0.05) is 97.3 Å². The first-order valence-corrected chi connectivity index (χ1v) is 45.7. The summed E-state index contributed by atoms with van der Waals surface area (Å²) in [6, 6.07) is 37.8. The molecule has 0 aromatic heterocycles. The van der Waals surface area contributed by atoms with E-state index >= 15 is 0 Å². The highest BCUT2D eigenvalue weighted by atomic mass is 32.2. The number of phenols is 4. The van der Waals surface area contributed by atoms with E-state index in [-0.39, 0.29) is 142 Å². The van der Waals surface area contributed by atoms with Crippen molar-refractivity contribution in [1.82, 2.24) is 9.44 Å².